The van der Waals surface area contributed by atoms with Gasteiger partial charge >= 0.3 is 5.97 Å². The molecule has 114 valence electrons. The largest absolute Gasteiger partial charge is 0.479 e. The Morgan fingerprint density at radius 2 is 1.70 bits per heavy atom. The predicted octanol–water partition coefficient (Wildman–Crippen LogP) is 1.75. The highest BCUT2D eigenvalue weighted by Gasteiger charge is 2.54. The van der Waals surface area contributed by atoms with Crippen LogP contribution in [0.25, 0.3) is 0 Å². The molecule has 0 aromatic rings. The van der Waals surface area contributed by atoms with Crippen LogP contribution in [-0.2, 0) is 9.59 Å². The summed E-state index contributed by atoms with van der Waals surface area (Å²) in [5.41, 5.74) is 4.48. The van der Waals surface area contributed by atoms with Gasteiger partial charge in [-0.2, -0.15) is 0 Å². The number of hydrogen-bond acceptors (Lipinski definition) is 3. The molecule has 1 heterocycles. The van der Waals surface area contributed by atoms with Gasteiger partial charge in [0.15, 0.2) is 0 Å². The highest BCUT2D eigenvalue weighted by molar-refractivity contribution is 5.89. The van der Waals surface area contributed by atoms with Crippen LogP contribution in [-0.4, -0.2) is 40.5 Å². The molecule has 0 bridgehead atoms. The number of nitrogens with zero attached hydrogens (tertiary/aromatic N) is 1. The van der Waals surface area contributed by atoms with Gasteiger partial charge in [0.25, 0.3) is 0 Å². The Kier molecular flexibility index (Phi) is 5.02. The molecule has 1 aliphatic heterocycles. The first kappa shape index (κ1) is 15.3. The lowest BCUT2D eigenvalue weighted by Gasteiger charge is -2.41. The van der Waals surface area contributed by atoms with E-state index in [0.717, 1.165) is 32.1 Å². The minimum atomic E-state index is -0.992. The van der Waals surface area contributed by atoms with Crippen LogP contribution in [0.15, 0.2) is 0 Å². The number of rotatable bonds is 3. The van der Waals surface area contributed by atoms with Crippen molar-refractivity contribution in [1.82, 2.24) is 4.90 Å². The zero-order chi connectivity index (χ0) is 14.6. The maximum Gasteiger partial charge on any atom is 0.329 e. The van der Waals surface area contributed by atoms with Crippen molar-refractivity contribution in [3.05, 3.63) is 0 Å². The third-order valence-corrected chi connectivity index (χ3v) is 5.05. The highest BCUT2D eigenvalue weighted by Crippen LogP contribution is 2.42. The first-order chi connectivity index (χ1) is 9.63. The van der Waals surface area contributed by atoms with E-state index in [1.165, 1.54) is 19.3 Å². The summed E-state index contributed by atoms with van der Waals surface area (Å²) in [5, 5.41) is 9.86. The molecule has 1 saturated heterocycles. The first-order valence-corrected chi connectivity index (χ1v) is 7.87. The van der Waals surface area contributed by atoms with Gasteiger partial charge in [-0.1, -0.05) is 32.1 Å². The number of carbonyl (C=O) groups is 2. The maximum atomic E-state index is 12.1. The van der Waals surface area contributed by atoms with Crippen LogP contribution >= 0.6 is 0 Å². The molecule has 2 aliphatic rings. The number of amides is 1. The molecule has 0 unspecified atom stereocenters. The van der Waals surface area contributed by atoms with Crippen LogP contribution in [0.3, 0.4) is 0 Å². The highest BCUT2D eigenvalue weighted by atomic mass is 16.4. The fraction of sp³-hybridized carbons (Fsp3) is 0.867. The fourth-order valence-corrected chi connectivity index (χ4v) is 4.05. The number of aliphatic carboxylic acids is 1. The van der Waals surface area contributed by atoms with Gasteiger partial charge in [-0.25, -0.2) is 4.79 Å². The molecule has 20 heavy (non-hydrogen) atoms. The topological polar surface area (TPSA) is 83.6 Å². The first-order valence-electron chi connectivity index (χ1n) is 7.87. The maximum absolute atomic E-state index is 12.1. The summed E-state index contributed by atoms with van der Waals surface area (Å²) in [4.78, 5) is 25.7. The third-order valence-electron chi connectivity index (χ3n) is 5.05. The van der Waals surface area contributed by atoms with E-state index in [1.807, 2.05) is 0 Å². The predicted molar refractivity (Wildman–Crippen MR) is 76.2 cm³/mol. The standard InChI is InChI=1S/C15H26N2O3/c16-11-13(18)17-10-6-9-15(17,14(19)20)12-7-4-2-1-3-5-8-12/h12H,1-11,16H2,(H,19,20)/t15-/m1/s1. The minimum Gasteiger partial charge on any atom is -0.479 e. The Hall–Kier alpha value is -1.10. The lowest BCUT2D eigenvalue weighted by Crippen LogP contribution is -2.59. The summed E-state index contributed by atoms with van der Waals surface area (Å²) in [5.74, 6) is -0.965. The molecule has 0 aromatic carbocycles. The number of carboxylic acid groups (broad SMARTS) is 1. The molecule has 5 nitrogen and oxygen atoms in total. The van der Waals surface area contributed by atoms with Gasteiger partial charge < -0.3 is 15.7 Å². The third kappa shape index (κ3) is 2.68. The van der Waals surface area contributed by atoms with E-state index in [-0.39, 0.29) is 18.4 Å². The van der Waals surface area contributed by atoms with Crippen LogP contribution < -0.4 is 5.73 Å². The van der Waals surface area contributed by atoms with Crippen LogP contribution in [0.5, 0.6) is 0 Å². The van der Waals surface area contributed by atoms with Crippen LogP contribution in [0.1, 0.15) is 57.8 Å². The molecule has 3 N–H and O–H groups in total. The monoisotopic (exact) mass is 282 g/mol. The van der Waals surface area contributed by atoms with E-state index < -0.39 is 11.5 Å². The fourth-order valence-electron chi connectivity index (χ4n) is 4.05. The molecular weight excluding hydrogens is 256 g/mol. The van der Waals surface area contributed by atoms with Gasteiger partial charge in [-0.15, -0.1) is 0 Å². The molecule has 0 spiro atoms. The lowest BCUT2D eigenvalue weighted by molar-refractivity contribution is -0.161. The van der Waals surface area contributed by atoms with Gasteiger partial charge in [0.05, 0.1) is 6.54 Å². The number of carboxylic acids is 1. The molecule has 1 atom stereocenters. The molecule has 1 amide bonds. The quantitative estimate of drug-likeness (QED) is 0.826. The second-order valence-electron chi connectivity index (χ2n) is 6.12. The Bertz CT molecular complexity index is 364. The van der Waals surface area contributed by atoms with Crippen molar-refractivity contribution < 1.29 is 14.7 Å². The second kappa shape index (κ2) is 6.57. The van der Waals surface area contributed by atoms with Gasteiger partial charge in [0.1, 0.15) is 5.54 Å². The SMILES string of the molecule is NCC(=O)N1CCC[C@]1(C(=O)O)C1CCCCCCC1. The van der Waals surface area contributed by atoms with Crippen LogP contribution in [0, 0.1) is 5.92 Å². The summed E-state index contributed by atoms with van der Waals surface area (Å²) in [6, 6.07) is 0. The molecule has 0 aromatic heterocycles. The summed E-state index contributed by atoms with van der Waals surface area (Å²) < 4.78 is 0. The van der Waals surface area contributed by atoms with Crippen molar-refractivity contribution in [3.8, 4) is 0 Å². The van der Waals surface area contributed by atoms with Crippen LogP contribution in [0.4, 0.5) is 0 Å². The zero-order valence-corrected chi connectivity index (χ0v) is 12.1. The van der Waals surface area contributed by atoms with E-state index in [4.69, 9.17) is 5.73 Å². The summed E-state index contributed by atoms with van der Waals surface area (Å²) in [7, 11) is 0. The normalized spacial score (nSPS) is 28.9. The van der Waals surface area contributed by atoms with E-state index in [0.29, 0.717) is 13.0 Å². The Morgan fingerprint density at radius 3 is 2.25 bits per heavy atom. The van der Waals surface area contributed by atoms with E-state index in [1.54, 1.807) is 4.90 Å². The molecular formula is C15H26N2O3. The molecule has 0 radical (unpaired) electrons. The van der Waals surface area contributed by atoms with Crippen LogP contribution in [0.2, 0.25) is 0 Å². The Balaban J connectivity index is 2.27. The van der Waals surface area contributed by atoms with Gasteiger partial charge in [-0.3, -0.25) is 4.79 Å². The minimum absolute atomic E-state index is 0.0818. The molecule has 1 aliphatic carbocycles. The van der Waals surface area contributed by atoms with Crippen molar-refractivity contribution in [2.75, 3.05) is 13.1 Å². The molecule has 1 saturated carbocycles. The summed E-state index contributed by atoms with van der Waals surface area (Å²) >= 11 is 0. The van der Waals surface area contributed by atoms with Crippen molar-refractivity contribution in [3.63, 3.8) is 0 Å². The number of likely N-dealkylation sites (tertiary alicyclic amines) is 1. The summed E-state index contributed by atoms with van der Waals surface area (Å²) in [6.07, 6.45) is 8.94. The number of nitrogens with two attached hydrogens (primary N) is 1. The Morgan fingerprint density at radius 1 is 1.10 bits per heavy atom. The molecule has 2 rings (SSSR count). The molecule has 5 heteroatoms. The van der Waals surface area contributed by atoms with Gasteiger partial charge in [0.2, 0.25) is 5.91 Å². The van der Waals surface area contributed by atoms with E-state index in [2.05, 4.69) is 0 Å². The van der Waals surface area contributed by atoms with Crippen molar-refractivity contribution in [1.29, 1.82) is 0 Å². The van der Waals surface area contributed by atoms with Gasteiger partial charge in [-0.05, 0) is 31.6 Å². The van der Waals surface area contributed by atoms with Crippen molar-refractivity contribution in [2.24, 2.45) is 11.7 Å². The number of hydrogen-bond donors (Lipinski definition) is 2. The average Bonchev–Trinajstić information content (AvgIpc) is 2.83. The van der Waals surface area contributed by atoms with Gasteiger partial charge in [0, 0.05) is 6.54 Å². The summed E-state index contributed by atoms with van der Waals surface area (Å²) in [6.45, 7) is 0.445. The lowest BCUT2D eigenvalue weighted by atomic mass is 9.74. The van der Waals surface area contributed by atoms with Crippen molar-refractivity contribution >= 4 is 11.9 Å². The molecule has 2 fully saturated rings. The smallest absolute Gasteiger partial charge is 0.329 e. The van der Waals surface area contributed by atoms with E-state index >= 15 is 0 Å². The Labute approximate surface area is 120 Å². The average molecular weight is 282 g/mol. The van der Waals surface area contributed by atoms with E-state index in [9.17, 15) is 14.7 Å². The van der Waals surface area contributed by atoms with Crippen molar-refractivity contribution in [2.45, 2.75) is 63.3 Å². The second-order valence-corrected chi connectivity index (χ2v) is 6.12. The number of carbonyl (C=O) groups excluding carboxylic acids is 1. The zero-order valence-electron chi connectivity index (χ0n) is 12.1.